The van der Waals surface area contributed by atoms with Crippen LogP contribution in [-0.2, 0) is 0 Å². The lowest BCUT2D eigenvalue weighted by Gasteiger charge is -2.03. The van der Waals surface area contributed by atoms with Crippen molar-refractivity contribution >= 4 is 5.91 Å². The molecule has 0 aliphatic heterocycles. The van der Waals surface area contributed by atoms with Gasteiger partial charge in [0.1, 0.15) is 0 Å². The molecule has 0 atom stereocenters. The Morgan fingerprint density at radius 1 is 1.39 bits per heavy atom. The first-order chi connectivity index (χ1) is 8.52. The predicted molar refractivity (Wildman–Crippen MR) is 66.0 cm³/mol. The molecule has 0 saturated carbocycles. The molecule has 0 saturated heterocycles. The van der Waals surface area contributed by atoms with Crippen LogP contribution in [0.3, 0.4) is 0 Å². The molecule has 1 amide bonds. The molecule has 0 radical (unpaired) electrons. The highest BCUT2D eigenvalue weighted by Crippen LogP contribution is 2.26. The predicted octanol–water partition coefficient (Wildman–Crippen LogP) is 2.24. The number of nitrogens with one attached hydrogen (secondary N) is 1. The topological polar surface area (TPSA) is 68.1 Å². The molecule has 0 unspecified atom stereocenters. The lowest BCUT2D eigenvalue weighted by atomic mass is 10.1. The number of hydrogen-bond acceptors (Lipinski definition) is 2. The number of rotatable bonds is 3. The summed E-state index contributed by atoms with van der Waals surface area (Å²) < 4.78 is 18.4. The van der Waals surface area contributed by atoms with Gasteiger partial charge in [0.2, 0.25) is 0 Å². The van der Waals surface area contributed by atoms with Crippen LogP contribution in [0.1, 0.15) is 16.1 Å². The molecule has 94 valence electrons. The molecule has 0 fully saturated rings. The number of hydrogen-bond donors (Lipinski definition) is 2. The molecule has 1 aromatic heterocycles. The van der Waals surface area contributed by atoms with E-state index in [-0.39, 0.29) is 5.75 Å². The van der Waals surface area contributed by atoms with E-state index in [1.807, 2.05) is 0 Å². The first-order valence-electron chi connectivity index (χ1n) is 5.36. The molecule has 0 aliphatic carbocycles. The van der Waals surface area contributed by atoms with E-state index >= 15 is 0 Å². The number of amides is 1. The van der Waals surface area contributed by atoms with Gasteiger partial charge in [-0.25, -0.2) is 4.39 Å². The summed E-state index contributed by atoms with van der Waals surface area (Å²) in [5.74, 6) is -0.788. The molecule has 1 heterocycles. The number of H-pyrrole nitrogens is 1. The second-order valence-electron chi connectivity index (χ2n) is 3.94. The van der Waals surface area contributed by atoms with Crippen molar-refractivity contribution in [1.82, 2.24) is 4.98 Å². The van der Waals surface area contributed by atoms with Crippen molar-refractivity contribution in [1.29, 1.82) is 0 Å². The zero-order valence-electron chi connectivity index (χ0n) is 10.1. The molecule has 0 bridgehead atoms. The number of aryl methyl sites for hydroxylation is 1. The molecule has 2 aromatic rings. The zero-order valence-corrected chi connectivity index (χ0v) is 10.1. The van der Waals surface area contributed by atoms with Crippen LogP contribution < -0.4 is 10.5 Å². The van der Waals surface area contributed by atoms with Gasteiger partial charge in [-0.15, -0.1) is 0 Å². The van der Waals surface area contributed by atoms with Gasteiger partial charge in [0.05, 0.1) is 12.7 Å². The van der Waals surface area contributed by atoms with E-state index in [2.05, 4.69) is 4.98 Å². The molecular weight excluding hydrogens is 235 g/mol. The van der Waals surface area contributed by atoms with Crippen molar-refractivity contribution in [3.05, 3.63) is 41.3 Å². The normalized spacial score (nSPS) is 10.4. The number of methoxy groups -OCH3 is 1. The first-order valence-corrected chi connectivity index (χ1v) is 5.36. The van der Waals surface area contributed by atoms with E-state index in [9.17, 15) is 9.18 Å². The standard InChI is InChI=1S/C13H13FN2O2/c1-7-9(13(15)17)6-11(16-7)8-3-4-12(18-2)10(14)5-8/h3-6,16H,1-2H3,(H2,15,17). The molecular formula is C13H13FN2O2. The number of ether oxygens (including phenoxy) is 1. The molecule has 0 spiro atoms. The summed E-state index contributed by atoms with van der Waals surface area (Å²) in [5, 5.41) is 0. The monoisotopic (exact) mass is 248 g/mol. The number of nitrogens with two attached hydrogens (primary N) is 1. The summed E-state index contributed by atoms with van der Waals surface area (Å²) in [4.78, 5) is 14.1. The summed E-state index contributed by atoms with van der Waals surface area (Å²) in [5.41, 5.74) is 7.56. The number of carbonyl (C=O) groups is 1. The van der Waals surface area contributed by atoms with Crippen LogP contribution in [0.5, 0.6) is 5.75 Å². The molecule has 0 aliphatic rings. The highest BCUT2D eigenvalue weighted by molar-refractivity contribution is 5.95. The van der Waals surface area contributed by atoms with E-state index in [4.69, 9.17) is 10.5 Å². The lowest BCUT2D eigenvalue weighted by molar-refractivity contribution is 0.1000. The van der Waals surface area contributed by atoms with Crippen LogP contribution in [0.4, 0.5) is 4.39 Å². The van der Waals surface area contributed by atoms with Crippen LogP contribution in [0.2, 0.25) is 0 Å². The first kappa shape index (κ1) is 12.2. The number of carbonyl (C=O) groups excluding carboxylic acids is 1. The Balaban J connectivity index is 2.46. The van der Waals surface area contributed by atoms with Gasteiger partial charge in [0.25, 0.3) is 5.91 Å². The zero-order chi connectivity index (χ0) is 13.3. The second-order valence-corrected chi connectivity index (χ2v) is 3.94. The van der Waals surface area contributed by atoms with E-state index < -0.39 is 11.7 Å². The summed E-state index contributed by atoms with van der Waals surface area (Å²) in [6.45, 7) is 1.74. The quantitative estimate of drug-likeness (QED) is 0.874. The molecule has 1 aromatic carbocycles. The van der Waals surface area contributed by atoms with Crippen molar-refractivity contribution in [2.75, 3.05) is 7.11 Å². The lowest BCUT2D eigenvalue weighted by Crippen LogP contribution is -2.10. The fourth-order valence-corrected chi connectivity index (χ4v) is 1.80. The van der Waals surface area contributed by atoms with Gasteiger partial charge in [0.15, 0.2) is 11.6 Å². The molecule has 4 nitrogen and oxygen atoms in total. The van der Waals surface area contributed by atoms with Crippen molar-refractivity contribution < 1.29 is 13.9 Å². The van der Waals surface area contributed by atoms with Gasteiger partial charge in [-0.1, -0.05) is 0 Å². The number of aromatic nitrogens is 1. The minimum Gasteiger partial charge on any atom is -0.494 e. The van der Waals surface area contributed by atoms with E-state index in [0.29, 0.717) is 22.5 Å². The van der Waals surface area contributed by atoms with E-state index in [1.54, 1.807) is 19.1 Å². The van der Waals surface area contributed by atoms with Gasteiger partial charge in [0, 0.05) is 17.0 Å². The van der Waals surface area contributed by atoms with E-state index in [1.165, 1.54) is 19.2 Å². The number of aromatic amines is 1. The van der Waals surface area contributed by atoms with Crippen LogP contribution in [0.15, 0.2) is 24.3 Å². The third-order valence-corrected chi connectivity index (χ3v) is 2.74. The maximum atomic E-state index is 13.6. The Kier molecular flexibility index (Phi) is 3.06. The van der Waals surface area contributed by atoms with Gasteiger partial charge >= 0.3 is 0 Å². The largest absolute Gasteiger partial charge is 0.494 e. The van der Waals surface area contributed by atoms with Gasteiger partial charge in [-0.2, -0.15) is 0 Å². The van der Waals surface area contributed by atoms with Crippen molar-refractivity contribution in [2.45, 2.75) is 6.92 Å². The smallest absolute Gasteiger partial charge is 0.250 e. The van der Waals surface area contributed by atoms with Gasteiger partial charge < -0.3 is 15.5 Å². The Hall–Kier alpha value is -2.30. The van der Waals surface area contributed by atoms with Crippen molar-refractivity contribution in [2.24, 2.45) is 5.73 Å². The average Bonchev–Trinajstić information content (AvgIpc) is 2.71. The number of primary amides is 1. The van der Waals surface area contributed by atoms with Crippen LogP contribution in [0, 0.1) is 12.7 Å². The Bertz CT molecular complexity index is 605. The summed E-state index contributed by atoms with van der Waals surface area (Å²) in [7, 11) is 1.40. The van der Waals surface area contributed by atoms with Gasteiger partial charge in [-0.3, -0.25) is 4.79 Å². The fraction of sp³-hybridized carbons (Fsp3) is 0.154. The second kappa shape index (κ2) is 4.52. The van der Waals surface area contributed by atoms with Crippen molar-refractivity contribution in [3.8, 4) is 17.0 Å². The third kappa shape index (κ3) is 2.07. The van der Waals surface area contributed by atoms with Crippen LogP contribution in [-0.4, -0.2) is 18.0 Å². The maximum absolute atomic E-state index is 13.6. The molecule has 2 rings (SSSR count). The maximum Gasteiger partial charge on any atom is 0.250 e. The summed E-state index contributed by atoms with van der Waals surface area (Å²) in [6, 6.07) is 6.19. The highest BCUT2D eigenvalue weighted by Gasteiger charge is 2.12. The Morgan fingerprint density at radius 2 is 2.11 bits per heavy atom. The minimum absolute atomic E-state index is 0.178. The molecule has 3 N–H and O–H groups in total. The molecule has 5 heteroatoms. The summed E-state index contributed by atoms with van der Waals surface area (Å²) >= 11 is 0. The highest BCUT2D eigenvalue weighted by atomic mass is 19.1. The SMILES string of the molecule is COc1ccc(-c2cc(C(N)=O)c(C)[nH]2)cc1F. The Labute approximate surface area is 104 Å². The van der Waals surface area contributed by atoms with Crippen LogP contribution in [0.25, 0.3) is 11.3 Å². The average molecular weight is 248 g/mol. The van der Waals surface area contributed by atoms with Crippen LogP contribution >= 0.6 is 0 Å². The third-order valence-electron chi connectivity index (χ3n) is 2.74. The number of halogens is 1. The summed E-state index contributed by atoms with van der Waals surface area (Å²) in [6.07, 6.45) is 0. The minimum atomic E-state index is -0.510. The number of benzene rings is 1. The fourth-order valence-electron chi connectivity index (χ4n) is 1.80. The van der Waals surface area contributed by atoms with Gasteiger partial charge in [-0.05, 0) is 31.2 Å². The van der Waals surface area contributed by atoms with E-state index in [0.717, 1.165) is 0 Å². The Morgan fingerprint density at radius 3 is 2.61 bits per heavy atom. The van der Waals surface area contributed by atoms with Crippen molar-refractivity contribution in [3.63, 3.8) is 0 Å². The molecule has 18 heavy (non-hydrogen) atoms.